The third-order valence-corrected chi connectivity index (χ3v) is 4.55. The van der Waals surface area contributed by atoms with Gasteiger partial charge in [0.25, 0.3) is 0 Å². The van der Waals surface area contributed by atoms with Crippen molar-refractivity contribution < 1.29 is 4.74 Å². The van der Waals surface area contributed by atoms with Gasteiger partial charge in [0.2, 0.25) is 0 Å². The van der Waals surface area contributed by atoms with Crippen LogP contribution >= 0.6 is 0 Å². The minimum Gasteiger partial charge on any atom is -0.497 e. The van der Waals surface area contributed by atoms with Crippen molar-refractivity contribution >= 4 is 22.3 Å². The molecule has 2 aromatic heterocycles. The van der Waals surface area contributed by atoms with Crippen LogP contribution in [0.3, 0.4) is 0 Å². The summed E-state index contributed by atoms with van der Waals surface area (Å²) < 4.78 is 5.23. The Morgan fingerprint density at radius 3 is 2.42 bits per heavy atom. The van der Waals surface area contributed by atoms with Gasteiger partial charge in [-0.25, -0.2) is 0 Å². The molecule has 0 unspecified atom stereocenters. The molecule has 0 saturated carbocycles. The lowest BCUT2D eigenvalue weighted by atomic mass is 10.2. The standard InChI is InChI=1S/C19H20N4O/c1-24-17-6-4-16(5-7-17)22-9-11-23(12-10-22)18-14-20-13-15-3-2-8-21-19(15)18/h2-8,13-14H,9-12H2,1H3. The Hall–Kier alpha value is -2.82. The van der Waals surface area contributed by atoms with Crippen LogP contribution in [-0.4, -0.2) is 43.3 Å². The van der Waals surface area contributed by atoms with E-state index in [0.717, 1.165) is 48.5 Å². The highest BCUT2D eigenvalue weighted by molar-refractivity contribution is 5.89. The Morgan fingerprint density at radius 1 is 0.917 bits per heavy atom. The minimum absolute atomic E-state index is 0.894. The van der Waals surface area contributed by atoms with E-state index >= 15 is 0 Å². The summed E-state index contributed by atoms with van der Waals surface area (Å²) in [4.78, 5) is 13.7. The number of rotatable bonds is 3. The molecule has 3 heterocycles. The van der Waals surface area contributed by atoms with Gasteiger partial charge in [-0.1, -0.05) is 0 Å². The molecule has 4 rings (SSSR count). The third kappa shape index (κ3) is 2.73. The molecule has 5 heteroatoms. The molecular formula is C19H20N4O. The lowest BCUT2D eigenvalue weighted by Gasteiger charge is -2.37. The summed E-state index contributed by atoms with van der Waals surface area (Å²) in [5, 5.41) is 1.09. The Morgan fingerprint density at radius 2 is 1.67 bits per heavy atom. The summed E-state index contributed by atoms with van der Waals surface area (Å²) in [6.45, 7) is 3.89. The molecule has 0 spiro atoms. The first kappa shape index (κ1) is 14.8. The van der Waals surface area contributed by atoms with Gasteiger partial charge in [-0.05, 0) is 36.4 Å². The van der Waals surface area contributed by atoms with E-state index in [1.54, 1.807) is 7.11 Å². The van der Waals surface area contributed by atoms with Crippen LogP contribution in [0.25, 0.3) is 10.9 Å². The lowest BCUT2D eigenvalue weighted by molar-refractivity contribution is 0.415. The number of hydrogen-bond donors (Lipinski definition) is 0. The predicted octanol–water partition coefficient (Wildman–Crippen LogP) is 2.97. The van der Waals surface area contributed by atoms with Gasteiger partial charge in [-0.15, -0.1) is 0 Å². The number of hydrogen-bond acceptors (Lipinski definition) is 5. The molecule has 24 heavy (non-hydrogen) atoms. The first-order valence-electron chi connectivity index (χ1n) is 8.18. The summed E-state index contributed by atoms with van der Waals surface area (Å²) >= 11 is 0. The largest absolute Gasteiger partial charge is 0.497 e. The van der Waals surface area contributed by atoms with E-state index in [1.807, 2.05) is 36.8 Å². The molecule has 0 bridgehead atoms. The Bertz CT molecular complexity index is 821. The van der Waals surface area contributed by atoms with Crippen molar-refractivity contribution in [2.75, 3.05) is 43.1 Å². The minimum atomic E-state index is 0.894. The molecule has 122 valence electrons. The SMILES string of the molecule is COc1ccc(N2CCN(c3cncc4cccnc34)CC2)cc1. The van der Waals surface area contributed by atoms with Gasteiger partial charge < -0.3 is 14.5 Å². The highest BCUT2D eigenvalue weighted by Gasteiger charge is 2.19. The fourth-order valence-electron chi connectivity index (χ4n) is 3.22. The predicted molar refractivity (Wildman–Crippen MR) is 97.0 cm³/mol. The van der Waals surface area contributed by atoms with Gasteiger partial charge >= 0.3 is 0 Å². The summed E-state index contributed by atoms with van der Waals surface area (Å²) in [5.74, 6) is 0.894. The van der Waals surface area contributed by atoms with Gasteiger partial charge in [0, 0.05) is 49.6 Å². The number of nitrogens with zero attached hydrogens (tertiary/aromatic N) is 4. The zero-order valence-corrected chi connectivity index (χ0v) is 13.7. The van der Waals surface area contributed by atoms with E-state index in [9.17, 15) is 0 Å². The molecule has 3 aromatic rings. The van der Waals surface area contributed by atoms with E-state index in [1.165, 1.54) is 5.69 Å². The number of benzene rings is 1. The number of pyridine rings is 2. The third-order valence-electron chi connectivity index (χ3n) is 4.55. The quantitative estimate of drug-likeness (QED) is 0.742. The number of fused-ring (bicyclic) bond motifs is 1. The number of anilines is 2. The van der Waals surface area contributed by atoms with Gasteiger partial charge in [0.1, 0.15) is 5.75 Å². The Balaban J connectivity index is 1.51. The van der Waals surface area contributed by atoms with Crippen molar-refractivity contribution in [1.29, 1.82) is 0 Å². The zero-order valence-electron chi connectivity index (χ0n) is 13.7. The molecule has 0 atom stereocenters. The van der Waals surface area contributed by atoms with Gasteiger partial charge in [0.15, 0.2) is 0 Å². The van der Waals surface area contributed by atoms with Crippen LogP contribution in [0.5, 0.6) is 5.75 Å². The van der Waals surface area contributed by atoms with Crippen molar-refractivity contribution in [3.63, 3.8) is 0 Å². The number of methoxy groups -OCH3 is 1. The maximum absolute atomic E-state index is 5.23. The average molecular weight is 320 g/mol. The molecule has 0 aliphatic carbocycles. The fourth-order valence-corrected chi connectivity index (χ4v) is 3.22. The molecule has 0 amide bonds. The molecule has 1 aliphatic rings. The average Bonchev–Trinajstić information content (AvgIpc) is 2.68. The van der Waals surface area contributed by atoms with Gasteiger partial charge in [-0.2, -0.15) is 0 Å². The number of ether oxygens (including phenoxy) is 1. The summed E-state index contributed by atoms with van der Waals surface area (Å²) in [7, 11) is 1.69. The summed E-state index contributed by atoms with van der Waals surface area (Å²) in [6, 6.07) is 12.3. The molecule has 1 saturated heterocycles. The van der Waals surface area contributed by atoms with Crippen molar-refractivity contribution in [3.05, 3.63) is 55.0 Å². The Kier molecular flexibility index (Phi) is 3.91. The molecular weight excluding hydrogens is 300 g/mol. The molecule has 1 aliphatic heterocycles. The monoisotopic (exact) mass is 320 g/mol. The smallest absolute Gasteiger partial charge is 0.119 e. The highest BCUT2D eigenvalue weighted by atomic mass is 16.5. The molecule has 1 fully saturated rings. The van der Waals surface area contributed by atoms with Gasteiger partial charge in [-0.3, -0.25) is 9.97 Å². The van der Waals surface area contributed by atoms with Crippen LogP contribution < -0.4 is 14.5 Å². The van der Waals surface area contributed by atoms with E-state index in [0.29, 0.717) is 0 Å². The number of aromatic nitrogens is 2. The second-order valence-corrected chi connectivity index (χ2v) is 5.91. The van der Waals surface area contributed by atoms with E-state index in [4.69, 9.17) is 4.74 Å². The van der Waals surface area contributed by atoms with E-state index < -0.39 is 0 Å². The second kappa shape index (κ2) is 6.35. The zero-order chi connectivity index (χ0) is 16.4. The maximum Gasteiger partial charge on any atom is 0.119 e. The van der Waals surface area contributed by atoms with Crippen molar-refractivity contribution in [3.8, 4) is 5.75 Å². The van der Waals surface area contributed by atoms with Crippen LogP contribution in [0.2, 0.25) is 0 Å². The fraction of sp³-hybridized carbons (Fsp3) is 0.263. The molecule has 5 nitrogen and oxygen atoms in total. The van der Waals surface area contributed by atoms with Crippen LogP contribution in [0, 0.1) is 0 Å². The van der Waals surface area contributed by atoms with Crippen molar-refractivity contribution in [1.82, 2.24) is 9.97 Å². The van der Waals surface area contributed by atoms with Crippen LogP contribution in [0.4, 0.5) is 11.4 Å². The second-order valence-electron chi connectivity index (χ2n) is 5.91. The Labute approximate surface area is 141 Å². The number of piperazine rings is 1. The van der Waals surface area contributed by atoms with Crippen LogP contribution in [0.15, 0.2) is 55.0 Å². The molecule has 0 radical (unpaired) electrons. The van der Waals surface area contributed by atoms with E-state index in [-0.39, 0.29) is 0 Å². The topological polar surface area (TPSA) is 41.5 Å². The van der Waals surface area contributed by atoms with Crippen LogP contribution in [0.1, 0.15) is 0 Å². The first-order valence-corrected chi connectivity index (χ1v) is 8.18. The molecule has 0 N–H and O–H groups in total. The lowest BCUT2D eigenvalue weighted by Crippen LogP contribution is -2.46. The highest BCUT2D eigenvalue weighted by Crippen LogP contribution is 2.26. The normalized spacial score (nSPS) is 14.9. The van der Waals surface area contributed by atoms with Crippen molar-refractivity contribution in [2.24, 2.45) is 0 Å². The summed E-state index contributed by atoms with van der Waals surface area (Å²) in [6.07, 6.45) is 5.65. The van der Waals surface area contributed by atoms with Crippen LogP contribution in [-0.2, 0) is 0 Å². The first-order chi connectivity index (χ1) is 11.8. The van der Waals surface area contributed by atoms with Gasteiger partial charge in [0.05, 0.1) is 24.5 Å². The van der Waals surface area contributed by atoms with E-state index in [2.05, 4.69) is 38.0 Å². The van der Waals surface area contributed by atoms with Crippen molar-refractivity contribution in [2.45, 2.75) is 0 Å². The summed E-state index contributed by atoms with van der Waals surface area (Å²) in [5.41, 5.74) is 3.40. The maximum atomic E-state index is 5.23. The molecule has 1 aromatic carbocycles.